The summed E-state index contributed by atoms with van der Waals surface area (Å²) < 4.78 is 11.3. The fraction of sp³-hybridized carbons (Fsp3) is 0.207. The summed E-state index contributed by atoms with van der Waals surface area (Å²) in [4.78, 5) is 19.1. The van der Waals surface area contributed by atoms with E-state index in [0.29, 0.717) is 13.2 Å². The number of benzene rings is 3. The Morgan fingerprint density at radius 3 is 2.68 bits per heavy atom. The van der Waals surface area contributed by atoms with Crippen molar-refractivity contribution >= 4 is 34.3 Å². The van der Waals surface area contributed by atoms with Crippen molar-refractivity contribution < 1.29 is 9.47 Å². The lowest BCUT2D eigenvalue weighted by molar-refractivity contribution is 0.331. The van der Waals surface area contributed by atoms with Crippen molar-refractivity contribution in [1.82, 2.24) is 19.9 Å². The van der Waals surface area contributed by atoms with E-state index in [0.717, 1.165) is 75.6 Å². The summed E-state index contributed by atoms with van der Waals surface area (Å²) in [5.41, 5.74) is 6.23. The number of hydrogen-bond donors (Lipinski definition) is 3. The number of ether oxygens (including phenoxy) is 2. The van der Waals surface area contributed by atoms with Gasteiger partial charge in [0.1, 0.15) is 36.1 Å². The molecule has 9 nitrogen and oxygen atoms in total. The summed E-state index contributed by atoms with van der Waals surface area (Å²) in [5, 5.41) is 6.58. The van der Waals surface area contributed by atoms with Gasteiger partial charge >= 0.3 is 0 Å². The number of methoxy groups -OCH3 is 1. The highest BCUT2D eigenvalue weighted by Crippen LogP contribution is 2.32. The minimum absolute atomic E-state index is 0.574. The minimum atomic E-state index is 0.574. The van der Waals surface area contributed by atoms with E-state index < -0.39 is 0 Å². The molecule has 3 aromatic carbocycles. The molecule has 2 aromatic heterocycles. The van der Waals surface area contributed by atoms with E-state index in [4.69, 9.17) is 9.47 Å². The molecular formula is C29H29N7O2. The first-order valence-corrected chi connectivity index (χ1v) is 12.7. The fourth-order valence-electron chi connectivity index (χ4n) is 4.62. The van der Waals surface area contributed by atoms with Crippen molar-refractivity contribution in [3.8, 4) is 22.6 Å². The maximum atomic E-state index is 6.10. The molecule has 0 saturated heterocycles. The third kappa shape index (κ3) is 4.90. The summed E-state index contributed by atoms with van der Waals surface area (Å²) in [6.45, 7) is 4.85. The van der Waals surface area contributed by atoms with Crippen molar-refractivity contribution in [2.24, 2.45) is 0 Å². The maximum absolute atomic E-state index is 6.10. The molecule has 0 atom stereocenters. The van der Waals surface area contributed by atoms with Crippen LogP contribution >= 0.6 is 0 Å². The molecule has 38 heavy (non-hydrogen) atoms. The Bertz CT molecular complexity index is 1570. The molecule has 6 rings (SSSR count). The van der Waals surface area contributed by atoms with Crippen molar-refractivity contribution in [3.05, 3.63) is 78.6 Å². The van der Waals surface area contributed by atoms with E-state index in [2.05, 4.69) is 78.8 Å². The van der Waals surface area contributed by atoms with Gasteiger partial charge in [0.2, 0.25) is 5.95 Å². The van der Waals surface area contributed by atoms with Crippen LogP contribution in [0.25, 0.3) is 22.2 Å². The van der Waals surface area contributed by atoms with E-state index in [9.17, 15) is 0 Å². The van der Waals surface area contributed by atoms with Gasteiger partial charge in [0.15, 0.2) is 0 Å². The van der Waals surface area contributed by atoms with Crippen LogP contribution in [0.3, 0.4) is 0 Å². The Morgan fingerprint density at radius 2 is 1.84 bits per heavy atom. The zero-order chi connectivity index (χ0) is 25.9. The molecule has 3 heterocycles. The molecule has 0 bridgehead atoms. The van der Waals surface area contributed by atoms with E-state index in [1.165, 1.54) is 0 Å². The first-order valence-electron chi connectivity index (χ1n) is 12.7. The van der Waals surface area contributed by atoms with Gasteiger partial charge in [-0.3, -0.25) is 0 Å². The zero-order valence-corrected chi connectivity index (χ0v) is 21.4. The van der Waals surface area contributed by atoms with Crippen LogP contribution in [0.15, 0.2) is 73.1 Å². The monoisotopic (exact) mass is 507 g/mol. The summed E-state index contributed by atoms with van der Waals surface area (Å²) in [6.07, 6.45) is 1.59. The fourth-order valence-corrected chi connectivity index (χ4v) is 4.62. The molecule has 0 amide bonds. The molecule has 3 N–H and O–H groups in total. The first kappa shape index (κ1) is 23.6. The molecule has 1 aliphatic rings. The van der Waals surface area contributed by atoms with Gasteiger partial charge in [-0.25, -0.2) is 15.0 Å². The number of H-pyrrole nitrogens is 1. The summed E-state index contributed by atoms with van der Waals surface area (Å²) in [6, 6.07) is 22.4. The molecule has 9 heteroatoms. The van der Waals surface area contributed by atoms with Gasteiger partial charge < -0.3 is 30.0 Å². The quantitative estimate of drug-likeness (QED) is 0.262. The average Bonchev–Trinajstić information content (AvgIpc) is 3.22. The molecule has 0 unspecified atom stereocenters. The third-order valence-electron chi connectivity index (χ3n) is 6.54. The van der Waals surface area contributed by atoms with E-state index >= 15 is 0 Å². The topological polar surface area (TPSA) is 100 Å². The van der Waals surface area contributed by atoms with Crippen LogP contribution in [0.5, 0.6) is 11.5 Å². The Kier molecular flexibility index (Phi) is 6.39. The highest BCUT2D eigenvalue weighted by atomic mass is 16.5. The average molecular weight is 508 g/mol. The highest BCUT2D eigenvalue weighted by molar-refractivity contribution is 5.83. The predicted molar refractivity (Wildman–Crippen MR) is 151 cm³/mol. The number of nitrogens with one attached hydrogen (secondary N) is 3. The predicted octanol–water partition coefficient (Wildman–Crippen LogP) is 5.60. The van der Waals surface area contributed by atoms with Gasteiger partial charge in [-0.1, -0.05) is 12.1 Å². The Hall–Kier alpha value is -4.79. The smallest absolute Gasteiger partial charge is 0.201 e. The number of nitrogens with zero attached hydrogens (tertiary/aromatic N) is 4. The molecule has 0 saturated carbocycles. The second kappa shape index (κ2) is 10.3. The van der Waals surface area contributed by atoms with Crippen LogP contribution in [0.4, 0.5) is 23.3 Å². The second-order valence-corrected chi connectivity index (χ2v) is 9.06. The van der Waals surface area contributed by atoms with E-state index in [1.54, 1.807) is 13.4 Å². The Labute approximate surface area is 220 Å². The van der Waals surface area contributed by atoms with Gasteiger partial charge in [-0.2, -0.15) is 0 Å². The largest absolute Gasteiger partial charge is 0.497 e. The number of hydrogen-bond acceptors (Lipinski definition) is 8. The van der Waals surface area contributed by atoms with Crippen molar-refractivity contribution in [2.45, 2.75) is 13.5 Å². The van der Waals surface area contributed by atoms with Crippen molar-refractivity contribution in [2.75, 3.05) is 42.3 Å². The number of aromatic nitrogens is 4. The molecule has 0 fully saturated rings. The second-order valence-electron chi connectivity index (χ2n) is 9.06. The number of anilines is 4. The van der Waals surface area contributed by atoms with Gasteiger partial charge in [-0.05, 0) is 66.6 Å². The zero-order valence-electron chi connectivity index (χ0n) is 21.4. The molecule has 5 aromatic rings. The van der Waals surface area contributed by atoms with E-state index in [-0.39, 0.29) is 0 Å². The molecule has 1 aliphatic heterocycles. The number of aromatic amines is 1. The lowest BCUT2D eigenvalue weighted by Gasteiger charge is -2.21. The van der Waals surface area contributed by atoms with Gasteiger partial charge in [-0.15, -0.1) is 0 Å². The van der Waals surface area contributed by atoms with Crippen molar-refractivity contribution in [1.29, 1.82) is 0 Å². The SMILES string of the molecule is CCNc1nc2ccc(-c3ccc4c(c3)CN(c3cc(Nc5ccc(OC)cc5)ncn3)CCO4)cc2[nH]1. The van der Waals surface area contributed by atoms with E-state index in [1.807, 2.05) is 30.3 Å². The Morgan fingerprint density at radius 1 is 1.00 bits per heavy atom. The van der Waals surface area contributed by atoms with Gasteiger partial charge in [0, 0.05) is 30.4 Å². The van der Waals surface area contributed by atoms with Gasteiger partial charge in [0.25, 0.3) is 0 Å². The van der Waals surface area contributed by atoms with Crippen LogP contribution in [0.2, 0.25) is 0 Å². The molecular weight excluding hydrogens is 478 g/mol. The number of fused-ring (bicyclic) bond motifs is 2. The standard InChI is InChI=1S/C29H29N7O2/c1-3-30-29-34-24-10-4-20(15-25(24)35-29)19-5-11-26-21(14-19)17-36(12-13-38-26)28-16-27(31-18-32-28)33-22-6-8-23(37-2)9-7-22/h4-11,14-16,18H,3,12-13,17H2,1-2H3,(H2,30,34,35)(H,31,32,33). The lowest BCUT2D eigenvalue weighted by atomic mass is 10.0. The minimum Gasteiger partial charge on any atom is -0.497 e. The lowest BCUT2D eigenvalue weighted by Crippen LogP contribution is -2.26. The van der Waals surface area contributed by atoms with Crippen LogP contribution in [-0.4, -0.2) is 46.7 Å². The van der Waals surface area contributed by atoms with Crippen LogP contribution in [0.1, 0.15) is 12.5 Å². The highest BCUT2D eigenvalue weighted by Gasteiger charge is 2.18. The molecule has 192 valence electrons. The summed E-state index contributed by atoms with van der Waals surface area (Å²) >= 11 is 0. The van der Waals surface area contributed by atoms with Gasteiger partial charge in [0.05, 0.1) is 24.7 Å². The molecule has 0 radical (unpaired) electrons. The number of rotatable bonds is 7. The summed E-state index contributed by atoms with van der Waals surface area (Å²) in [7, 11) is 1.66. The summed E-state index contributed by atoms with van der Waals surface area (Å²) in [5.74, 6) is 4.07. The first-order chi connectivity index (χ1) is 18.7. The Balaban J connectivity index is 1.24. The normalized spacial score (nSPS) is 12.9. The third-order valence-corrected chi connectivity index (χ3v) is 6.54. The maximum Gasteiger partial charge on any atom is 0.201 e. The van der Waals surface area contributed by atoms with Crippen LogP contribution in [-0.2, 0) is 6.54 Å². The van der Waals surface area contributed by atoms with Crippen LogP contribution < -0.4 is 25.0 Å². The molecule has 0 spiro atoms. The van der Waals surface area contributed by atoms with Crippen molar-refractivity contribution in [3.63, 3.8) is 0 Å². The number of imidazole rings is 1. The molecule has 0 aliphatic carbocycles. The van der Waals surface area contributed by atoms with Crippen LogP contribution in [0, 0.1) is 0 Å².